The predicted molar refractivity (Wildman–Crippen MR) is 105 cm³/mol. The van der Waals surface area contributed by atoms with Crippen molar-refractivity contribution in [1.82, 2.24) is 5.32 Å². The zero-order valence-corrected chi connectivity index (χ0v) is 15.8. The van der Waals surface area contributed by atoms with E-state index in [-0.39, 0.29) is 17.9 Å². The Balaban J connectivity index is 1.68. The van der Waals surface area contributed by atoms with Gasteiger partial charge >= 0.3 is 0 Å². The van der Waals surface area contributed by atoms with Gasteiger partial charge in [-0.2, -0.15) is 0 Å². The summed E-state index contributed by atoms with van der Waals surface area (Å²) in [6.45, 7) is 1.24. The van der Waals surface area contributed by atoms with Gasteiger partial charge in [-0.15, -0.1) is 0 Å². The normalized spacial score (nSPS) is 16.4. The number of halogens is 1. The van der Waals surface area contributed by atoms with E-state index in [0.717, 1.165) is 23.0 Å². The molecule has 1 aliphatic rings. The van der Waals surface area contributed by atoms with Crippen molar-refractivity contribution >= 4 is 40.1 Å². The van der Waals surface area contributed by atoms with Crippen LogP contribution in [-0.4, -0.2) is 31.1 Å². The van der Waals surface area contributed by atoms with Crippen LogP contribution in [0, 0.1) is 3.57 Å². The van der Waals surface area contributed by atoms with Crippen LogP contribution in [0.15, 0.2) is 48.5 Å². The van der Waals surface area contributed by atoms with E-state index in [1.165, 1.54) is 0 Å². The van der Waals surface area contributed by atoms with Crippen molar-refractivity contribution in [2.75, 3.05) is 18.5 Å². The summed E-state index contributed by atoms with van der Waals surface area (Å²) in [7, 11) is 0. The fourth-order valence-electron chi connectivity index (χ4n) is 2.69. The second kappa shape index (κ2) is 8.44. The molecular formula is C19H19IN2O3. The van der Waals surface area contributed by atoms with Gasteiger partial charge < -0.3 is 15.4 Å². The predicted octanol–water partition coefficient (Wildman–Crippen LogP) is 3.45. The molecule has 0 spiro atoms. The molecule has 3 rings (SSSR count). The maximum absolute atomic E-state index is 12.5. The van der Waals surface area contributed by atoms with Crippen molar-refractivity contribution in [3.8, 4) is 0 Å². The largest absolute Gasteiger partial charge is 0.376 e. The average molecular weight is 450 g/mol. The van der Waals surface area contributed by atoms with Crippen LogP contribution in [0.2, 0.25) is 0 Å². The third kappa shape index (κ3) is 4.79. The molecule has 0 saturated carbocycles. The summed E-state index contributed by atoms with van der Waals surface area (Å²) < 4.78 is 6.57. The van der Waals surface area contributed by atoms with Gasteiger partial charge in [0.05, 0.1) is 17.4 Å². The first-order valence-corrected chi connectivity index (χ1v) is 9.27. The van der Waals surface area contributed by atoms with Crippen LogP contribution in [0.5, 0.6) is 0 Å². The number of ether oxygens (including phenoxy) is 1. The van der Waals surface area contributed by atoms with E-state index in [2.05, 4.69) is 33.2 Å². The number of para-hydroxylation sites is 1. The van der Waals surface area contributed by atoms with Gasteiger partial charge in [-0.25, -0.2) is 0 Å². The number of rotatable bonds is 5. The summed E-state index contributed by atoms with van der Waals surface area (Å²) in [5.74, 6) is -0.454. The summed E-state index contributed by atoms with van der Waals surface area (Å²) in [6.07, 6.45) is 2.08. The lowest BCUT2D eigenvalue weighted by Gasteiger charge is -2.14. The summed E-state index contributed by atoms with van der Waals surface area (Å²) in [6, 6.07) is 14.3. The second-order valence-electron chi connectivity index (χ2n) is 5.85. The Hall–Kier alpha value is -1.93. The molecule has 1 fully saturated rings. The Morgan fingerprint density at radius 3 is 2.56 bits per heavy atom. The van der Waals surface area contributed by atoms with Crippen molar-refractivity contribution in [1.29, 1.82) is 0 Å². The van der Waals surface area contributed by atoms with E-state index in [0.29, 0.717) is 23.4 Å². The van der Waals surface area contributed by atoms with Crippen molar-refractivity contribution < 1.29 is 14.3 Å². The Morgan fingerprint density at radius 1 is 1.08 bits per heavy atom. The van der Waals surface area contributed by atoms with Gasteiger partial charge in [0.1, 0.15) is 0 Å². The number of amides is 2. The molecule has 130 valence electrons. The molecule has 6 heteroatoms. The van der Waals surface area contributed by atoms with Crippen LogP contribution >= 0.6 is 22.6 Å². The minimum atomic E-state index is -0.240. The lowest BCUT2D eigenvalue weighted by atomic mass is 10.1. The molecule has 2 N–H and O–H groups in total. The molecule has 1 aliphatic heterocycles. The van der Waals surface area contributed by atoms with E-state index >= 15 is 0 Å². The minimum Gasteiger partial charge on any atom is -0.376 e. The van der Waals surface area contributed by atoms with Crippen molar-refractivity contribution in [2.45, 2.75) is 18.9 Å². The number of nitrogens with one attached hydrogen (secondary N) is 2. The van der Waals surface area contributed by atoms with Crippen LogP contribution < -0.4 is 10.6 Å². The Morgan fingerprint density at radius 2 is 1.84 bits per heavy atom. The lowest BCUT2D eigenvalue weighted by Crippen LogP contribution is -2.32. The second-order valence-corrected chi connectivity index (χ2v) is 7.10. The fraction of sp³-hybridized carbons (Fsp3) is 0.263. The monoisotopic (exact) mass is 450 g/mol. The number of carbonyl (C=O) groups excluding carboxylic acids is 2. The molecule has 0 aliphatic carbocycles. The molecule has 0 unspecified atom stereocenters. The summed E-state index contributed by atoms with van der Waals surface area (Å²) in [4.78, 5) is 24.9. The minimum absolute atomic E-state index is 0.0810. The molecule has 0 bridgehead atoms. The van der Waals surface area contributed by atoms with Crippen molar-refractivity contribution in [2.24, 2.45) is 0 Å². The molecule has 0 aromatic heterocycles. The van der Waals surface area contributed by atoms with Crippen LogP contribution in [0.4, 0.5) is 5.69 Å². The quantitative estimate of drug-likeness (QED) is 0.686. The average Bonchev–Trinajstić information content (AvgIpc) is 3.14. The Kier molecular flexibility index (Phi) is 6.04. The fourth-order valence-corrected chi connectivity index (χ4v) is 3.05. The van der Waals surface area contributed by atoms with Gasteiger partial charge in [-0.3, -0.25) is 9.59 Å². The number of carbonyl (C=O) groups is 2. The molecule has 5 nitrogen and oxygen atoms in total. The first-order chi connectivity index (χ1) is 12.1. The standard InChI is InChI=1S/C19H19IN2O3/c20-14-9-7-13(8-10-14)18(23)22-17-6-2-1-5-16(17)19(24)21-12-15-4-3-11-25-15/h1-2,5-10,15H,3-4,11-12H2,(H,21,24)(H,22,23)/t15-/m1/s1. The van der Waals surface area contributed by atoms with Crippen LogP contribution in [0.25, 0.3) is 0 Å². The first-order valence-electron chi connectivity index (χ1n) is 8.19. The smallest absolute Gasteiger partial charge is 0.255 e. The third-order valence-electron chi connectivity index (χ3n) is 4.04. The van der Waals surface area contributed by atoms with Gasteiger partial charge in [0.2, 0.25) is 0 Å². The highest BCUT2D eigenvalue weighted by molar-refractivity contribution is 14.1. The molecule has 25 heavy (non-hydrogen) atoms. The molecule has 2 aromatic carbocycles. The first kappa shape index (κ1) is 17.9. The number of hydrogen-bond donors (Lipinski definition) is 2. The van der Waals surface area contributed by atoms with E-state index in [1.54, 1.807) is 36.4 Å². The molecule has 1 saturated heterocycles. The van der Waals surface area contributed by atoms with E-state index in [9.17, 15) is 9.59 Å². The van der Waals surface area contributed by atoms with Crippen LogP contribution in [-0.2, 0) is 4.74 Å². The summed E-state index contributed by atoms with van der Waals surface area (Å²) in [5, 5.41) is 5.71. The number of benzene rings is 2. The van der Waals surface area contributed by atoms with E-state index in [4.69, 9.17) is 4.74 Å². The van der Waals surface area contributed by atoms with Crippen LogP contribution in [0.3, 0.4) is 0 Å². The van der Waals surface area contributed by atoms with Crippen molar-refractivity contribution in [3.05, 3.63) is 63.2 Å². The summed E-state index contributed by atoms with van der Waals surface area (Å²) >= 11 is 2.19. The van der Waals surface area contributed by atoms with Gasteiger partial charge in [-0.05, 0) is 71.8 Å². The molecular weight excluding hydrogens is 431 g/mol. The highest BCUT2D eigenvalue weighted by atomic mass is 127. The lowest BCUT2D eigenvalue weighted by molar-refractivity contribution is 0.0858. The van der Waals surface area contributed by atoms with Gasteiger partial charge in [0.25, 0.3) is 11.8 Å². The highest BCUT2D eigenvalue weighted by Gasteiger charge is 2.18. The summed E-state index contributed by atoms with van der Waals surface area (Å²) in [5.41, 5.74) is 1.49. The van der Waals surface area contributed by atoms with Gasteiger partial charge in [-0.1, -0.05) is 12.1 Å². The van der Waals surface area contributed by atoms with Gasteiger partial charge in [0, 0.05) is 22.3 Å². The van der Waals surface area contributed by atoms with E-state index in [1.807, 2.05) is 12.1 Å². The molecule has 2 amide bonds. The Labute approximate surface area is 160 Å². The molecule has 1 heterocycles. The molecule has 1 atom stereocenters. The zero-order valence-electron chi connectivity index (χ0n) is 13.6. The molecule has 2 aromatic rings. The van der Waals surface area contributed by atoms with Gasteiger partial charge in [0.15, 0.2) is 0 Å². The maximum atomic E-state index is 12.5. The number of anilines is 1. The Bertz CT molecular complexity index is 756. The number of hydrogen-bond acceptors (Lipinski definition) is 3. The highest BCUT2D eigenvalue weighted by Crippen LogP contribution is 2.17. The third-order valence-corrected chi connectivity index (χ3v) is 4.76. The SMILES string of the molecule is O=C(Nc1ccccc1C(=O)NC[C@H]1CCCO1)c1ccc(I)cc1. The van der Waals surface area contributed by atoms with Crippen molar-refractivity contribution in [3.63, 3.8) is 0 Å². The van der Waals surface area contributed by atoms with Crippen LogP contribution in [0.1, 0.15) is 33.6 Å². The zero-order chi connectivity index (χ0) is 17.6. The topological polar surface area (TPSA) is 67.4 Å². The maximum Gasteiger partial charge on any atom is 0.255 e. The van der Waals surface area contributed by atoms with E-state index < -0.39 is 0 Å². The molecule has 0 radical (unpaired) electrons.